The van der Waals surface area contributed by atoms with Gasteiger partial charge in [-0.2, -0.15) is 5.26 Å². The summed E-state index contributed by atoms with van der Waals surface area (Å²) in [6, 6.07) is 11.1. The van der Waals surface area contributed by atoms with E-state index in [0.29, 0.717) is 11.3 Å². The molecule has 2 atom stereocenters. The molecule has 1 amide bonds. The summed E-state index contributed by atoms with van der Waals surface area (Å²) in [5.74, 6) is -0.503. The number of alkyl halides is 1. The summed E-state index contributed by atoms with van der Waals surface area (Å²) in [5.41, 5.74) is 2.45. The van der Waals surface area contributed by atoms with E-state index in [1.807, 2.05) is 6.07 Å². The Morgan fingerprint density at radius 2 is 2.00 bits per heavy atom. The van der Waals surface area contributed by atoms with Crippen LogP contribution >= 0.6 is 0 Å². The van der Waals surface area contributed by atoms with Gasteiger partial charge in [-0.1, -0.05) is 24.3 Å². The highest BCUT2D eigenvalue weighted by Crippen LogP contribution is 2.23. The normalized spacial score (nSPS) is 12.7. The van der Waals surface area contributed by atoms with Crippen molar-refractivity contribution in [3.05, 3.63) is 53.9 Å². The highest BCUT2D eigenvalue weighted by Gasteiger charge is 2.22. The van der Waals surface area contributed by atoms with Crippen LogP contribution in [0.25, 0.3) is 11.1 Å². The first-order valence-corrected chi connectivity index (χ1v) is 7.51. The average molecular weight is 340 g/mol. The molecule has 25 heavy (non-hydrogen) atoms. The predicted molar refractivity (Wildman–Crippen MR) is 91.7 cm³/mol. The Morgan fingerprint density at radius 1 is 1.32 bits per heavy atom. The Labute approximate surface area is 144 Å². The minimum atomic E-state index is -1.19. The van der Waals surface area contributed by atoms with E-state index in [1.54, 1.807) is 42.6 Å². The topological polar surface area (TPSA) is 98.4 Å². The number of carbonyl (C=O) groups excluding carboxylic acids is 1. The standard InChI is InChI=1S/C18H17FN4O2/c1-21-11-17(24)23-16(8-19)18(25)13-4-2-12(3-5-13)14-6-7-15(9-20)22-10-14/h2-7,10,16,18,25H,1,8,11H2,(H,23,24)/t16-,18-/m1/s1. The van der Waals surface area contributed by atoms with Crippen LogP contribution in [0.2, 0.25) is 0 Å². The third-order valence-corrected chi connectivity index (χ3v) is 3.61. The molecule has 6 nitrogen and oxygen atoms in total. The number of rotatable bonds is 7. The van der Waals surface area contributed by atoms with E-state index in [2.05, 4.69) is 22.0 Å². The third-order valence-electron chi connectivity index (χ3n) is 3.61. The monoisotopic (exact) mass is 340 g/mol. The van der Waals surface area contributed by atoms with Crippen molar-refractivity contribution in [1.29, 1.82) is 5.26 Å². The van der Waals surface area contributed by atoms with Gasteiger partial charge in [-0.3, -0.25) is 9.79 Å². The Balaban J connectivity index is 2.12. The predicted octanol–water partition coefficient (Wildman–Crippen LogP) is 1.81. The number of aliphatic hydroxyl groups is 1. The van der Waals surface area contributed by atoms with Crippen LogP contribution in [0.1, 0.15) is 17.4 Å². The van der Waals surface area contributed by atoms with Gasteiger partial charge in [-0.25, -0.2) is 9.37 Å². The van der Waals surface area contributed by atoms with Gasteiger partial charge in [0.15, 0.2) is 0 Å². The lowest BCUT2D eigenvalue weighted by molar-refractivity contribution is -0.121. The molecule has 0 unspecified atom stereocenters. The van der Waals surface area contributed by atoms with E-state index >= 15 is 0 Å². The number of aliphatic imine (C=N–C) groups is 1. The van der Waals surface area contributed by atoms with Crippen LogP contribution in [0.15, 0.2) is 47.6 Å². The summed E-state index contributed by atoms with van der Waals surface area (Å²) in [4.78, 5) is 18.9. The fourth-order valence-electron chi connectivity index (χ4n) is 2.29. The van der Waals surface area contributed by atoms with Gasteiger partial charge in [-0.05, 0) is 30.0 Å². The van der Waals surface area contributed by atoms with Gasteiger partial charge in [0.25, 0.3) is 0 Å². The van der Waals surface area contributed by atoms with Gasteiger partial charge in [-0.15, -0.1) is 0 Å². The molecule has 0 aliphatic heterocycles. The summed E-state index contributed by atoms with van der Waals surface area (Å²) in [6.45, 7) is 2.10. The zero-order valence-electron chi connectivity index (χ0n) is 13.4. The van der Waals surface area contributed by atoms with Crippen LogP contribution in [-0.2, 0) is 4.79 Å². The first-order valence-electron chi connectivity index (χ1n) is 7.51. The second-order valence-electron chi connectivity index (χ2n) is 5.32. The van der Waals surface area contributed by atoms with Gasteiger partial charge < -0.3 is 10.4 Å². The summed E-state index contributed by atoms with van der Waals surface area (Å²) in [5, 5.41) is 21.4. The Kier molecular flexibility index (Phi) is 6.32. The SMILES string of the molecule is C=NCC(=O)N[C@H](CF)[C@H](O)c1ccc(-c2ccc(C#N)nc2)cc1. The zero-order chi connectivity index (χ0) is 18.2. The van der Waals surface area contributed by atoms with Gasteiger partial charge in [0, 0.05) is 11.8 Å². The van der Waals surface area contributed by atoms with Crippen LogP contribution < -0.4 is 5.32 Å². The molecule has 0 fully saturated rings. The number of aliphatic hydroxyl groups excluding tert-OH is 1. The minimum Gasteiger partial charge on any atom is -0.386 e. The molecule has 1 aromatic heterocycles. The number of nitrogens with one attached hydrogen (secondary N) is 1. The van der Waals surface area contributed by atoms with Crippen LogP contribution in [0.4, 0.5) is 4.39 Å². The summed E-state index contributed by atoms with van der Waals surface area (Å²) in [7, 11) is 0. The molecule has 7 heteroatoms. The van der Waals surface area contributed by atoms with Gasteiger partial charge in [0.1, 0.15) is 31.1 Å². The smallest absolute Gasteiger partial charge is 0.242 e. The van der Waals surface area contributed by atoms with E-state index in [1.165, 1.54) is 0 Å². The summed E-state index contributed by atoms with van der Waals surface area (Å²) >= 11 is 0. The lowest BCUT2D eigenvalue weighted by atomic mass is 9.99. The maximum absolute atomic E-state index is 13.2. The van der Waals surface area contributed by atoms with Crippen molar-refractivity contribution in [3.8, 4) is 17.2 Å². The molecule has 0 aliphatic rings. The molecular weight excluding hydrogens is 323 g/mol. The van der Waals surface area contributed by atoms with Crippen LogP contribution in [0.3, 0.4) is 0 Å². The number of amides is 1. The van der Waals surface area contributed by atoms with E-state index in [-0.39, 0.29) is 6.54 Å². The van der Waals surface area contributed by atoms with Crippen molar-refractivity contribution < 1.29 is 14.3 Å². The minimum absolute atomic E-state index is 0.187. The molecule has 1 aromatic carbocycles. The van der Waals surface area contributed by atoms with Crippen molar-refractivity contribution in [3.63, 3.8) is 0 Å². The maximum atomic E-state index is 13.2. The highest BCUT2D eigenvalue weighted by molar-refractivity contribution is 5.79. The van der Waals surface area contributed by atoms with E-state index in [9.17, 15) is 14.3 Å². The number of nitriles is 1. The lowest BCUT2D eigenvalue weighted by Crippen LogP contribution is -2.42. The molecule has 2 rings (SSSR count). The number of hydrogen-bond acceptors (Lipinski definition) is 5. The van der Waals surface area contributed by atoms with E-state index in [4.69, 9.17) is 5.26 Å². The Hall–Kier alpha value is -3.11. The fourth-order valence-corrected chi connectivity index (χ4v) is 2.29. The third kappa shape index (κ3) is 4.68. The van der Waals surface area contributed by atoms with Crippen molar-refractivity contribution in [2.75, 3.05) is 13.2 Å². The molecule has 0 bridgehead atoms. The van der Waals surface area contributed by atoms with Crippen LogP contribution in [0, 0.1) is 11.3 Å². The first kappa shape index (κ1) is 18.2. The Morgan fingerprint density at radius 3 is 2.52 bits per heavy atom. The molecule has 0 spiro atoms. The molecule has 0 aliphatic carbocycles. The number of halogens is 1. The number of carbonyl (C=O) groups is 1. The number of nitrogens with zero attached hydrogens (tertiary/aromatic N) is 3. The summed E-state index contributed by atoms with van der Waals surface area (Å²) < 4.78 is 13.2. The van der Waals surface area contributed by atoms with Crippen molar-refractivity contribution >= 4 is 12.6 Å². The molecular formula is C18H17FN4O2. The molecule has 0 saturated heterocycles. The highest BCUT2D eigenvalue weighted by atomic mass is 19.1. The quantitative estimate of drug-likeness (QED) is 0.751. The van der Waals surface area contributed by atoms with Gasteiger partial charge >= 0.3 is 0 Å². The number of aromatic nitrogens is 1. The van der Waals surface area contributed by atoms with Crippen molar-refractivity contribution in [2.45, 2.75) is 12.1 Å². The average Bonchev–Trinajstić information content (AvgIpc) is 2.66. The molecule has 128 valence electrons. The number of hydrogen-bond donors (Lipinski definition) is 2. The Bertz CT molecular complexity index is 769. The molecule has 2 aromatic rings. The van der Waals surface area contributed by atoms with Crippen molar-refractivity contribution in [1.82, 2.24) is 10.3 Å². The largest absolute Gasteiger partial charge is 0.386 e. The molecule has 2 N–H and O–H groups in total. The van der Waals surface area contributed by atoms with E-state index in [0.717, 1.165) is 11.1 Å². The first-order chi connectivity index (χ1) is 12.1. The van der Waals surface area contributed by atoms with Crippen LogP contribution in [0.5, 0.6) is 0 Å². The molecule has 0 radical (unpaired) electrons. The number of benzene rings is 1. The summed E-state index contributed by atoms with van der Waals surface area (Å²) in [6.07, 6.45) is 0.392. The lowest BCUT2D eigenvalue weighted by Gasteiger charge is -2.21. The number of pyridine rings is 1. The van der Waals surface area contributed by atoms with E-state index < -0.39 is 24.7 Å². The zero-order valence-corrected chi connectivity index (χ0v) is 13.4. The maximum Gasteiger partial charge on any atom is 0.242 e. The van der Waals surface area contributed by atoms with Crippen molar-refractivity contribution in [2.24, 2.45) is 4.99 Å². The van der Waals surface area contributed by atoms with Gasteiger partial charge in [0.05, 0.1) is 6.04 Å². The molecule has 1 heterocycles. The molecule has 0 saturated carbocycles. The van der Waals surface area contributed by atoms with Crippen LogP contribution in [-0.4, -0.2) is 42.0 Å². The fraction of sp³-hybridized carbons (Fsp3) is 0.222. The van der Waals surface area contributed by atoms with Gasteiger partial charge in [0.2, 0.25) is 5.91 Å². The second-order valence-corrected chi connectivity index (χ2v) is 5.32. The second kappa shape index (κ2) is 8.66.